The molecule has 0 aromatic carbocycles. The topological polar surface area (TPSA) is 117 Å². The van der Waals surface area contributed by atoms with E-state index in [1.54, 1.807) is 0 Å². The maximum absolute atomic E-state index is 12.5. The third-order valence-electron chi connectivity index (χ3n) is 1.66. The van der Waals surface area contributed by atoms with Crippen LogP contribution >= 0.6 is 0 Å². The van der Waals surface area contributed by atoms with Gasteiger partial charge in [0.05, 0.1) is 0 Å². The predicted octanol–water partition coefficient (Wildman–Crippen LogP) is -0.168. The smallest absolute Gasteiger partial charge is 0.265 e. The number of pyridine rings is 1. The van der Waals surface area contributed by atoms with E-state index < -0.39 is 38.2 Å². The number of nitrogens with one attached hydrogen (secondary N) is 1. The SMILES string of the molecule is N#Cc1[nH]c(=O)cc(C(F)F)c1S(N)(=O)=O. The molecule has 0 spiro atoms. The van der Waals surface area contributed by atoms with E-state index in [1.165, 1.54) is 6.07 Å². The molecule has 0 atom stereocenters. The van der Waals surface area contributed by atoms with Crippen LogP contribution in [-0.2, 0) is 10.0 Å². The fourth-order valence-electron chi connectivity index (χ4n) is 1.11. The number of alkyl halides is 2. The highest BCUT2D eigenvalue weighted by molar-refractivity contribution is 7.89. The van der Waals surface area contributed by atoms with Gasteiger partial charge in [0.2, 0.25) is 15.6 Å². The Kier molecular flexibility index (Phi) is 3.06. The number of aromatic amines is 1. The summed E-state index contributed by atoms with van der Waals surface area (Å²) in [6.45, 7) is 0. The van der Waals surface area contributed by atoms with Crippen molar-refractivity contribution >= 4 is 10.0 Å². The molecule has 1 rings (SSSR count). The summed E-state index contributed by atoms with van der Waals surface area (Å²) >= 11 is 0. The van der Waals surface area contributed by atoms with Gasteiger partial charge < -0.3 is 4.98 Å². The molecule has 86 valence electrons. The van der Waals surface area contributed by atoms with E-state index in [9.17, 15) is 22.0 Å². The average Bonchev–Trinajstić information content (AvgIpc) is 2.14. The highest BCUT2D eigenvalue weighted by atomic mass is 32.2. The van der Waals surface area contributed by atoms with E-state index in [0.717, 1.165) is 0 Å². The van der Waals surface area contributed by atoms with Crippen LogP contribution in [0.15, 0.2) is 15.8 Å². The van der Waals surface area contributed by atoms with Crippen molar-refractivity contribution in [3.05, 3.63) is 27.7 Å². The minimum atomic E-state index is -4.51. The van der Waals surface area contributed by atoms with Crippen molar-refractivity contribution in [2.24, 2.45) is 5.14 Å². The van der Waals surface area contributed by atoms with Gasteiger partial charge in [-0.05, 0) is 0 Å². The normalized spacial score (nSPS) is 11.4. The molecule has 0 aliphatic heterocycles. The van der Waals surface area contributed by atoms with Gasteiger partial charge in [0.25, 0.3) is 6.43 Å². The summed E-state index contributed by atoms with van der Waals surface area (Å²) in [7, 11) is -4.51. The fraction of sp³-hybridized carbons (Fsp3) is 0.143. The molecule has 16 heavy (non-hydrogen) atoms. The summed E-state index contributed by atoms with van der Waals surface area (Å²) < 4.78 is 47.0. The van der Waals surface area contributed by atoms with E-state index in [2.05, 4.69) is 5.14 Å². The van der Waals surface area contributed by atoms with Crippen molar-refractivity contribution in [1.82, 2.24) is 4.98 Å². The Hall–Kier alpha value is -1.79. The molecule has 0 bridgehead atoms. The predicted molar refractivity (Wildman–Crippen MR) is 48.1 cm³/mol. The molecule has 1 aromatic heterocycles. The Labute approximate surface area is 88.4 Å². The van der Waals surface area contributed by atoms with Crippen LogP contribution < -0.4 is 10.7 Å². The number of primary sulfonamides is 1. The molecule has 1 aromatic rings. The maximum Gasteiger partial charge on any atom is 0.265 e. The van der Waals surface area contributed by atoms with Crippen LogP contribution in [0.2, 0.25) is 0 Å². The number of nitrogens with two attached hydrogens (primary N) is 1. The molecule has 0 fully saturated rings. The van der Waals surface area contributed by atoms with E-state index in [1.807, 2.05) is 4.98 Å². The second-order valence-corrected chi connectivity index (χ2v) is 4.25. The molecule has 0 saturated heterocycles. The summed E-state index contributed by atoms with van der Waals surface area (Å²) in [6.07, 6.45) is -3.22. The molecule has 0 unspecified atom stereocenters. The summed E-state index contributed by atoms with van der Waals surface area (Å²) in [5, 5.41) is 13.2. The Morgan fingerprint density at radius 2 is 2.06 bits per heavy atom. The van der Waals surface area contributed by atoms with Crippen LogP contribution in [0.1, 0.15) is 17.7 Å². The van der Waals surface area contributed by atoms with Gasteiger partial charge in [-0.25, -0.2) is 22.3 Å². The molecular weight excluding hydrogens is 244 g/mol. The lowest BCUT2D eigenvalue weighted by Crippen LogP contribution is -2.21. The van der Waals surface area contributed by atoms with Crippen molar-refractivity contribution in [1.29, 1.82) is 5.26 Å². The zero-order valence-electron chi connectivity index (χ0n) is 7.57. The lowest BCUT2D eigenvalue weighted by Gasteiger charge is -2.07. The third-order valence-corrected chi connectivity index (χ3v) is 2.66. The number of sulfonamides is 1. The first-order valence-corrected chi connectivity index (χ1v) is 5.30. The van der Waals surface area contributed by atoms with Crippen LogP contribution in [0.3, 0.4) is 0 Å². The van der Waals surface area contributed by atoms with Gasteiger partial charge in [-0.15, -0.1) is 0 Å². The number of H-pyrrole nitrogens is 1. The largest absolute Gasteiger partial charge is 0.313 e. The Morgan fingerprint density at radius 3 is 2.44 bits per heavy atom. The monoisotopic (exact) mass is 249 g/mol. The summed E-state index contributed by atoms with van der Waals surface area (Å²) in [5.74, 6) is 0. The fourth-order valence-corrected chi connectivity index (χ4v) is 1.97. The molecule has 3 N–H and O–H groups in total. The first-order chi connectivity index (χ1) is 7.27. The second kappa shape index (κ2) is 3.99. The number of hydrogen-bond donors (Lipinski definition) is 2. The first-order valence-electron chi connectivity index (χ1n) is 3.75. The Morgan fingerprint density at radius 1 is 1.50 bits per heavy atom. The Balaban J connectivity index is 3.82. The van der Waals surface area contributed by atoms with Gasteiger partial charge in [0, 0.05) is 11.6 Å². The van der Waals surface area contributed by atoms with Gasteiger partial charge in [0.15, 0.2) is 0 Å². The number of halogens is 2. The van der Waals surface area contributed by atoms with Gasteiger partial charge in [-0.3, -0.25) is 4.79 Å². The van der Waals surface area contributed by atoms with Crippen molar-refractivity contribution in [2.75, 3.05) is 0 Å². The highest BCUT2D eigenvalue weighted by Crippen LogP contribution is 2.25. The first kappa shape index (κ1) is 12.3. The molecule has 0 amide bonds. The van der Waals surface area contributed by atoms with Crippen LogP contribution in [0.25, 0.3) is 0 Å². The van der Waals surface area contributed by atoms with Gasteiger partial charge in [-0.2, -0.15) is 5.26 Å². The van der Waals surface area contributed by atoms with E-state index in [0.29, 0.717) is 6.07 Å². The van der Waals surface area contributed by atoms with Gasteiger partial charge in [-0.1, -0.05) is 0 Å². The van der Waals surface area contributed by atoms with Crippen molar-refractivity contribution in [3.63, 3.8) is 0 Å². The minimum Gasteiger partial charge on any atom is -0.313 e. The van der Waals surface area contributed by atoms with Crippen molar-refractivity contribution in [3.8, 4) is 6.07 Å². The molecule has 0 radical (unpaired) electrons. The zero-order valence-corrected chi connectivity index (χ0v) is 8.38. The number of aromatic nitrogens is 1. The standard InChI is InChI=1S/C7H5F2N3O3S/c8-7(9)3-1-5(13)12-4(2-10)6(3)16(11,14)15/h1,7H,(H,12,13)(H2,11,14,15). The lowest BCUT2D eigenvalue weighted by molar-refractivity contribution is 0.147. The van der Waals surface area contributed by atoms with Crippen LogP contribution in [0.4, 0.5) is 8.78 Å². The van der Waals surface area contributed by atoms with Gasteiger partial charge >= 0.3 is 0 Å². The second-order valence-electron chi connectivity index (χ2n) is 2.75. The molecule has 1 heterocycles. The lowest BCUT2D eigenvalue weighted by atomic mass is 10.2. The van der Waals surface area contributed by atoms with E-state index in [4.69, 9.17) is 5.26 Å². The number of rotatable bonds is 2. The number of nitriles is 1. The molecular formula is C7H5F2N3O3S. The average molecular weight is 249 g/mol. The van der Waals surface area contributed by atoms with Crippen LogP contribution in [-0.4, -0.2) is 13.4 Å². The van der Waals surface area contributed by atoms with Crippen LogP contribution in [0, 0.1) is 11.3 Å². The quantitative estimate of drug-likeness (QED) is 0.756. The summed E-state index contributed by atoms with van der Waals surface area (Å²) in [4.78, 5) is 11.6. The molecule has 0 aliphatic carbocycles. The van der Waals surface area contributed by atoms with E-state index >= 15 is 0 Å². The Bertz CT molecular complexity index is 615. The van der Waals surface area contributed by atoms with Gasteiger partial charge in [0.1, 0.15) is 16.7 Å². The highest BCUT2D eigenvalue weighted by Gasteiger charge is 2.25. The summed E-state index contributed by atoms with van der Waals surface area (Å²) in [6, 6.07) is 1.68. The van der Waals surface area contributed by atoms with Crippen molar-refractivity contribution in [2.45, 2.75) is 11.3 Å². The van der Waals surface area contributed by atoms with Crippen LogP contribution in [0.5, 0.6) is 0 Å². The van der Waals surface area contributed by atoms with E-state index in [-0.39, 0.29) is 0 Å². The maximum atomic E-state index is 12.5. The van der Waals surface area contributed by atoms with Crippen molar-refractivity contribution < 1.29 is 17.2 Å². The molecule has 6 nitrogen and oxygen atoms in total. The summed E-state index contributed by atoms with van der Waals surface area (Å²) in [5.41, 5.74) is -2.88. The number of hydrogen-bond acceptors (Lipinski definition) is 4. The molecule has 0 aliphatic rings. The molecule has 0 saturated carbocycles. The molecule has 9 heteroatoms. The zero-order chi connectivity index (χ0) is 12.5. The number of nitrogens with zero attached hydrogens (tertiary/aromatic N) is 1. The third kappa shape index (κ3) is 2.23. The minimum absolute atomic E-state index is 0.394.